The minimum Gasteiger partial charge on any atom is -0.497 e. The lowest BCUT2D eigenvalue weighted by molar-refractivity contribution is 0.0942. The number of hydrogen-bond donors (Lipinski definition) is 3. The van der Waals surface area contributed by atoms with Gasteiger partial charge in [0, 0.05) is 6.54 Å². The number of carbonyl (C=O) groups is 1. The second-order valence-electron chi connectivity index (χ2n) is 6.40. The predicted molar refractivity (Wildman–Crippen MR) is 116 cm³/mol. The molecule has 0 unspecified atom stereocenters. The van der Waals surface area contributed by atoms with Crippen LogP contribution in [0.1, 0.15) is 27.3 Å². The second-order valence-corrected chi connectivity index (χ2v) is 6.81. The molecule has 1 heterocycles. The first-order chi connectivity index (χ1) is 14.0. The Morgan fingerprint density at radius 1 is 1.07 bits per heavy atom. The molecule has 3 rings (SSSR count). The van der Waals surface area contributed by atoms with Crippen LogP contribution in [0.5, 0.6) is 5.75 Å². The summed E-state index contributed by atoms with van der Waals surface area (Å²) in [6.07, 6.45) is 0. The molecule has 7 nitrogen and oxygen atoms in total. The number of nitrogens with zero attached hydrogens (tertiary/aromatic N) is 2. The van der Waals surface area contributed by atoms with Crippen LogP contribution in [0.4, 0.5) is 0 Å². The van der Waals surface area contributed by atoms with E-state index in [0.29, 0.717) is 22.9 Å². The van der Waals surface area contributed by atoms with E-state index >= 15 is 0 Å². The van der Waals surface area contributed by atoms with Crippen molar-refractivity contribution in [2.24, 2.45) is 0 Å². The number of rotatable bonds is 5. The Hall–Kier alpha value is -3.39. The maximum Gasteiger partial charge on any atom is 0.273 e. The summed E-state index contributed by atoms with van der Waals surface area (Å²) in [7, 11) is 1.63. The molecule has 150 valence electrons. The molecule has 3 N–H and O–H groups in total. The summed E-state index contributed by atoms with van der Waals surface area (Å²) in [4.78, 5) is 12.7. The summed E-state index contributed by atoms with van der Waals surface area (Å²) in [5, 5.41) is 7.85. The topological polar surface area (TPSA) is 80.2 Å². The first-order valence-electron chi connectivity index (χ1n) is 9.08. The third kappa shape index (κ3) is 4.91. The van der Waals surface area contributed by atoms with Crippen molar-refractivity contribution in [3.05, 3.63) is 77.1 Å². The van der Waals surface area contributed by atoms with Gasteiger partial charge in [-0.05, 0) is 55.9 Å². The molecule has 3 aromatic rings. The molecule has 0 aliphatic rings. The maximum absolute atomic E-state index is 12.7. The second kappa shape index (κ2) is 9.20. The molecule has 0 bridgehead atoms. The molecule has 0 spiro atoms. The Morgan fingerprint density at radius 3 is 2.41 bits per heavy atom. The lowest BCUT2D eigenvalue weighted by atomic mass is 10.2. The number of hydrogen-bond acceptors (Lipinski definition) is 4. The van der Waals surface area contributed by atoms with Crippen molar-refractivity contribution >= 4 is 23.2 Å². The van der Waals surface area contributed by atoms with E-state index in [9.17, 15) is 4.79 Å². The van der Waals surface area contributed by atoms with E-state index in [-0.39, 0.29) is 5.91 Å². The molecule has 8 heteroatoms. The number of thiocarbonyl (C=S) groups is 1. The highest BCUT2D eigenvalue weighted by Crippen LogP contribution is 2.17. The van der Waals surface area contributed by atoms with Gasteiger partial charge in [0.25, 0.3) is 5.91 Å². The predicted octanol–water partition coefficient (Wildman–Crippen LogP) is 2.81. The van der Waals surface area contributed by atoms with Crippen LogP contribution < -0.4 is 20.9 Å². The van der Waals surface area contributed by atoms with Gasteiger partial charge >= 0.3 is 0 Å². The number of methoxy groups -OCH3 is 1. The highest BCUT2D eigenvalue weighted by molar-refractivity contribution is 7.80. The van der Waals surface area contributed by atoms with E-state index in [4.69, 9.17) is 17.0 Å². The summed E-state index contributed by atoms with van der Waals surface area (Å²) < 4.78 is 6.89. The van der Waals surface area contributed by atoms with E-state index in [1.807, 2.05) is 68.4 Å². The van der Waals surface area contributed by atoms with Crippen molar-refractivity contribution < 1.29 is 9.53 Å². The van der Waals surface area contributed by atoms with Crippen molar-refractivity contribution in [3.8, 4) is 11.4 Å². The Morgan fingerprint density at radius 2 is 1.76 bits per heavy atom. The quantitative estimate of drug-likeness (QED) is 0.444. The fourth-order valence-electron chi connectivity index (χ4n) is 2.94. The summed E-state index contributed by atoms with van der Waals surface area (Å²) in [6.45, 7) is 4.19. The van der Waals surface area contributed by atoms with Gasteiger partial charge in [-0.1, -0.05) is 30.3 Å². The van der Waals surface area contributed by atoms with E-state index in [2.05, 4.69) is 21.3 Å². The summed E-state index contributed by atoms with van der Waals surface area (Å²) in [5.74, 6) is 0.499. The van der Waals surface area contributed by atoms with Crippen molar-refractivity contribution in [2.45, 2.75) is 20.4 Å². The number of ether oxygens (including phenoxy) is 1. The van der Waals surface area contributed by atoms with E-state index in [1.165, 1.54) is 0 Å². The third-order valence-corrected chi connectivity index (χ3v) is 4.67. The molecule has 2 aromatic carbocycles. The van der Waals surface area contributed by atoms with Gasteiger partial charge < -0.3 is 10.1 Å². The SMILES string of the molecule is COc1ccc(CNC(=S)NNC(=O)c2c(C)nn(-c3ccccc3)c2C)cc1. The molecule has 0 saturated heterocycles. The molecule has 0 aliphatic heterocycles. The highest BCUT2D eigenvalue weighted by atomic mass is 32.1. The normalized spacial score (nSPS) is 10.3. The van der Waals surface area contributed by atoms with Gasteiger partial charge in [-0.3, -0.25) is 15.6 Å². The summed E-state index contributed by atoms with van der Waals surface area (Å²) >= 11 is 5.24. The first-order valence-corrected chi connectivity index (χ1v) is 9.49. The lowest BCUT2D eigenvalue weighted by Gasteiger charge is -2.12. The van der Waals surface area contributed by atoms with Gasteiger partial charge in [0.15, 0.2) is 5.11 Å². The van der Waals surface area contributed by atoms with Crippen LogP contribution in [0.15, 0.2) is 54.6 Å². The Kier molecular flexibility index (Phi) is 6.46. The number of nitrogens with one attached hydrogen (secondary N) is 3. The summed E-state index contributed by atoms with van der Waals surface area (Å²) in [5.41, 5.74) is 9.22. The van der Waals surface area contributed by atoms with Gasteiger partial charge in [-0.25, -0.2) is 4.68 Å². The maximum atomic E-state index is 12.7. The number of carbonyl (C=O) groups excluding carboxylic acids is 1. The van der Waals surface area contributed by atoms with Crippen LogP contribution in [-0.4, -0.2) is 27.9 Å². The minimum absolute atomic E-state index is 0.296. The zero-order valence-electron chi connectivity index (χ0n) is 16.5. The van der Waals surface area contributed by atoms with Gasteiger partial charge in [0.05, 0.1) is 29.7 Å². The van der Waals surface area contributed by atoms with Crippen molar-refractivity contribution in [3.63, 3.8) is 0 Å². The van der Waals surface area contributed by atoms with Crippen LogP contribution in [0, 0.1) is 13.8 Å². The molecule has 1 amide bonds. The van der Waals surface area contributed by atoms with Crippen molar-refractivity contribution in [1.82, 2.24) is 25.9 Å². The zero-order chi connectivity index (χ0) is 20.8. The Bertz CT molecular complexity index is 1000. The summed E-state index contributed by atoms with van der Waals surface area (Å²) in [6, 6.07) is 17.3. The van der Waals surface area contributed by atoms with Crippen LogP contribution in [0.25, 0.3) is 5.69 Å². The molecule has 0 saturated carbocycles. The standard InChI is InChI=1S/C21H23N5O2S/c1-14-19(15(2)26(25-14)17-7-5-4-6-8-17)20(27)23-24-21(29)22-13-16-9-11-18(28-3)12-10-16/h4-12H,13H2,1-3H3,(H,23,27)(H2,22,24,29). The number of aromatic nitrogens is 2. The molecule has 0 atom stereocenters. The minimum atomic E-state index is -0.296. The Balaban J connectivity index is 1.57. The number of amides is 1. The van der Waals surface area contributed by atoms with Crippen molar-refractivity contribution in [2.75, 3.05) is 7.11 Å². The van der Waals surface area contributed by atoms with E-state index in [1.54, 1.807) is 11.8 Å². The molecule has 0 radical (unpaired) electrons. The average Bonchev–Trinajstić information content (AvgIpc) is 3.05. The fraction of sp³-hybridized carbons (Fsp3) is 0.190. The third-order valence-electron chi connectivity index (χ3n) is 4.42. The number of para-hydroxylation sites is 1. The van der Waals surface area contributed by atoms with Gasteiger partial charge in [-0.15, -0.1) is 0 Å². The van der Waals surface area contributed by atoms with Crippen LogP contribution in [0.2, 0.25) is 0 Å². The van der Waals surface area contributed by atoms with Gasteiger partial charge in [0.2, 0.25) is 0 Å². The van der Waals surface area contributed by atoms with Gasteiger partial charge in [0.1, 0.15) is 5.75 Å². The number of aryl methyl sites for hydroxylation is 1. The van der Waals surface area contributed by atoms with Gasteiger partial charge in [-0.2, -0.15) is 5.10 Å². The number of benzene rings is 2. The molecule has 0 aliphatic carbocycles. The molecule has 29 heavy (non-hydrogen) atoms. The van der Waals surface area contributed by atoms with Crippen molar-refractivity contribution in [1.29, 1.82) is 0 Å². The molecule has 1 aromatic heterocycles. The molecule has 0 fully saturated rings. The van der Waals surface area contributed by atoms with Crippen LogP contribution in [0.3, 0.4) is 0 Å². The molecular formula is C21H23N5O2S. The highest BCUT2D eigenvalue weighted by Gasteiger charge is 2.19. The van der Waals surface area contributed by atoms with Crippen LogP contribution >= 0.6 is 12.2 Å². The van der Waals surface area contributed by atoms with E-state index < -0.39 is 0 Å². The zero-order valence-corrected chi connectivity index (χ0v) is 17.3. The number of hydrazine groups is 1. The smallest absolute Gasteiger partial charge is 0.273 e. The van der Waals surface area contributed by atoms with Crippen LogP contribution in [-0.2, 0) is 6.54 Å². The fourth-order valence-corrected chi connectivity index (χ4v) is 3.06. The average molecular weight is 410 g/mol. The largest absolute Gasteiger partial charge is 0.497 e. The first kappa shape index (κ1) is 20.3. The lowest BCUT2D eigenvalue weighted by Crippen LogP contribution is -2.46. The monoisotopic (exact) mass is 409 g/mol. The molecular weight excluding hydrogens is 386 g/mol. The van der Waals surface area contributed by atoms with E-state index in [0.717, 1.165) is 22.7 Å². The Labute approximate surface area is 175 Å².